The molecule has 3 saturated heterocycles. The van der Waals surface area contributed by atoms with Crippen LogP contribution in [0.3, 0.4) is 0 Å². The average Bonchev–Trinajstić information content (AvgIpc) is 3.02. The lowest BCUT2D eigenvalue weighted by atomic mass is 9.76. The van der Waals surface area contributed by atoms with Gasteiger partial charge in [-0.05, 0) is 42.5 Å². The molecule has 0 aliphatic carbocycles. The number of piperidine rings is 3. The number of amides is 2. The zero-order valence-corrected chi connectivity index (χ0v) is 12.8. The second-order valence-electron chi connectivity index (χ2n) is 6.55. The fourth-order valence-electron chi connectivity index (χ4n) is 4.33. The second kappa shape index (κ2) is 5.13. The third-order valence-corrected chi connectivity index (χ3v) is 6.06. The molecule has 3 aliphatic rings. The van der Waals surface area contributed by atoms with Crippen molar-refractivity contribution < 1.29 is 9.59 Å². The first-order valence-electron chi connectivity index (χ1n) is 7.84. The second-order valence-corrected chi connectivity index (χ2v) is 7.50. The van der Waals surface area contributed by atoms with Gasteiger partial charge in [-0.3, -0.25) is 9.59 Å². The maximum absolute atomic E-state index is 12.6. The van der Waals surface area contributed by atoms with Gasteiger partial charge < -0.3 is 9.80 Å². The Hall–Kier alpha value is -1.36. The van der Waals surface area contributed by atoms with Gasteiger partial charge in [0, 0.05) is 32.1 Å². The van der Waals surface area contributed by atoms with Crippen LogP contribution in [-0.4, -0.2) is 47.3 Å². The van der Waals surface area contributed by atoms with Crippen molar-refractivity contribution in [3.05, 3.63) is 22.4 Å². The van der Waals surface area contributed by atoms with Gasteiger partial charge in [-0.15, -0.1) is 11.3 Å². The molecule has 3 atom stereocenters. The molecule has 112 valence electrons. The number of carbonyl (C=O) groups is 2. The van der Waals surface area contributed by atoms with Crippen LogP contribution in [0.5, 0.6) is 0 Å². The Kier molecular flexibility index (Phi) is 3.25. The topological polar surface area (TPSA) is 40.6 Å². The highest BCUT2D eigenvalue weighted by Crippen LogP contribution is 2.38. The SMILES string of the molecule is O=C(c1cccs1)N1CC2CC(C1)[C@H]1CCCC(=O)N1C2. The summed E-state index contributed by atoms with van der Waals surface area (Å²) in [7, 11) is 0. The van der Waals surface area contributed by atoms with E-state index < -0.39 is 0 Å². The Balaban J connectivity index is 1.53. The number of rotatable bonds is 1. The highest BCUT2D eigenvalue weighted by atomic mass is 32.1. The fraction of sp³-hybridized carbons (Fsp3) is 0.625. The lowest BCUT2D eigenvalue weighted by molar-refractivity contribution is -0.144. The number of thiophene rings is 1. The van der Waals surface area contributed by atoms with E-state index >= 15 is 0 Å². The summed E-state index contributed by atoms with van der Waals surface area (Å²) >= 11 is 1.52. The van der Waals surface area contributed by atoms with Crippen LogP contribution in [0.25, 0.3) is 0 Å². The molecule has 1 aromatic rings. The minimum atomic E-state index is 0.176. The standard InChI is InChI=1S/C16H20N2O2S/c19-15-5-1-3-13-12-7-11(9-18(13)15)8-17(10-12)16(20)14-4-2-6-21-14/h2,4,6,11-13H,1,3,5,7-10H2/t11?,12?,13-/m1/s1. The fourth-order valence-corrected chi connectivity index (χ4v) is 5.02. The number of nitrogens with zero attached hydrogens (tertiary/aromatic N) is 2. The smallest absolute Gasteiger partial charge is 0.263 e. The molecular weight excluding hydrogens is 284 g/mol. The van der Waals surface area contributed by atoms with E-state index in [1.54, 1.807) is 0 Å². The molecular formula is C16H20N2O2S. The number of fused-ring (bicyclic) bond motifs is 4. The van der Waals surface area contributed by atoms with Gasteiger partial charge in [-0.1, -0.05) is 6.07 Å². The van der Waals surface area contributed by atoms with Gasteiger partial charge in [0.15, 0.2) is 0 Å². The normalized spacial score (nSPS) is 32.0. The Morgan fingerprint density at radius 1 is 1.29 bits per heavy atom. The van der Waals surface area contributed by atoms with Crippen molar-refractivity contribution in [1.82, 2.24) is 9.80 Å². The summed E-state index contributed by atoms with van der Waals surface area (Å²) in [4.78, 5) is 29.7. The highest BCUT2D eigenvalue weighted by molar-refractivity contribution is 7.12. The van der Waals surface area contributed by atoms with Gasteiger partial charge in [-0.2, -0.15) is 0 Å². The van der Waals surface area contributed by atoms with Gasteiger partial charge in [0.2, 0.25) is 5.91 Å². The molecule has 0 saturated carbocycles. The summed E-state index contributed by atoms with van der Waals surface area (Å²) < 4.78 is 0. The van der Waals surface area contributed by atoms with E-state index in [-0.39, 0.29) is 5.91 Å². The molecule has 3 fully saturated rings. The molecule has 2 bridgehead atoms. The lowest BCUT2D eigenvalue weighted by Gasteiger charge is -2.52. The number of hydrogen-bond donors (Lipinski definition) is 0. The van der Waals surface area contributed by atoms with E-state index in [0.29, 0.717) is 30.2 Å². The van der Waals surface area contributed by atoms with Crippen LogP contribution in [0.4, 0.5) is 0 Å². The van der Waals surface area contributed by atoms with E-state index in [1.807, 2.05) is 22.4 Å². The highest BCUT2D eigenvalue weighted by Gasteiger charge is 2.44. The van der Waals surface area contributed by atoms with Crippen molar-refractivity contribution in [2.24, 2.45) is 11.8 Å². The molecule has 4 heterocycles. The molecule has 4 rings (SSSR count). The number of carbonyl (C=O) groups excluding carboxylic acids is 2. The van der Waals surface area contributed by atoms with Crippen LogP contribution in [0.15, 0.2) is 17.5 Å². The summed E-state index contributed by atoms with van der Waals surface area (Å²) in [6, 6.07) is 4.22. The molecule has 4 nitrogen and oxygen atoms in total. The summed E-state index contributed by atoms with van der Waals surface area (Å²) in [6.45, 7) is 2.49. The van der Waals surface area contributed by atoms with Crippen molar-refractivity contribution >= 4 is 23.2 Å². The van der Waals surface area contributed by atoms with Crippen LogP contribution in [0, 0.1) is 11.8 Å². The van der Waals surface area contributed by atoms with Crippen LogP contribution < -0.4 is 0 Å². The summed E-state index contributed by atoms with van der Waals surface area (Å²) in [6.07, 6.45) is 4.03. The molecule has 2 amide bonds. The molecule has 2 unspecified atom stereocenters. The summed E-state index contributed by atoms with van der Waals surface area (Å²) in [5, 5.41) is 1.96. The van der Waals surface area contributed by atoms with Crippen molar-refractivity contribution in [2.45, 2.75) is 31.7 Å². The van der Waals surface area contributed by atoms with Gasteiger partial charge in [-0.25, -0.2) is 0 Å². The van der Waals surface area contributed by atoms with Gasteiger partial charge in [0.25, 0.3) is 5.91 Å². The predicted molar refractivity (Wildman–Crippen MR) is 81.2 cm³/mol. The maximum Gasteiger partial charge on any atom is 0.263 e. The van der Waals surface area contributed by atoms with Crippen molar-refractivity contribution in [1.29, 1.82) is 0 Å². The average molecular weight is 304 g/mol. The number of likely N-dealkylation sites (tertiary alicyclic amines) is 1. The van der Waals surface area contributed by atoms with Gasteiger partial charge >= 0.3 is 0 Å². The zero-order chi connectivity index (χ0) is 14.4. The quantitative estimate of drug-likeness (QED) is 0.798. The summed E-state index contributed by atoms with van der Waals surface area (Å²) in [5.74, 6) is 1.45. The predicted octanol–water partition coefficient (Wildman–Crippen LogP) is 2.22. The first-order valence-corrected chi connectivity index (χ1v) is 8.72. The van der Waals surface area contributed by atoms with E-state index in [9.17, 15) is 9.59 Å². The Morgan fingerprint density at radius 3 is 3.00 bits per heavy atom. The van der Waals surface area contributed by atoms with Crippen LogP contribution in [-0.2, 0) is 4.79 Å². The minimum Gasteiger partial charge on any atom is -0.339 e. The Morgan fingerprint density at radius 2 is 2.19 bits per heavy atom. The van der Waals surface area contributed by atoms with Gasteiger partial charge in [0.05, 0.1) is 4.88 Å². The molecule has 0 radical (unpaired) electrons. The maximum atomic E-state index is 12.6. The van der Waals surface area contributed by atoms with Crippen LogP contribution in [0.1, 0.15) is 35.4 Å². The molecule has 3 aliphatic heterocycles. The van der Waals surface area contributed by atoms with Crippen LogP contribution in [0.2, 0.25) is 0 Å². The van der Waals surface area contributed by atoms with Crippen molar-refractivity contribution in [3.8, 4) is 0 Å². The first-order chi connectivity index (χ1) is 10.2. The van der Waals surface area contributed by atoms with Crippen LogP contribution >= 0.6 is 11.3 Å². The molecule has 1 aromatic heterocycles. The van der Waals surface area contributed by atoms with Crippen molar-refractivity contribution in [3.63, 3.8) is 0 Å². The minimum absolute atomic E-state index is 0.176. The third-order valence-electron chi connectivity index (χ3n) is 5.20. The van der Waals surface area contributed by atoms with E-state index in [2.05, 4.69) is 4.90 Å². The molecule has 0 spiro atoms. The monoisotopic (exact) mass is 304 g/mol. The molecule has 0 aromatic carbocycles. The largest absolute Gasteiger partial charge is 0.339 e. The Labute approximate surface area is 128 Å². The third kappa shape index (κ3) is 2.27. The zero-order valence-electron chi connectivity index (χ0n) is 12.0. The Bertz CT molecular complexity index is 557. The molecule has 0 N–H and O–H groups in total. The van der Waals surface area contributed by atoms with Crippen molar-refractivity contribution in [2.75, 3.05) is 19.6 Å². The summed E-state index contributed by atoms with van der Waals surface area (Å²) in [5.41, 5.74) is 0. The van der Waals surface area contributed by atoms with E-state index in [0.717, 1.165) is 37.4 Å². The first kappa shape index (κ1) is 13.3. The molecule has 21 heavy (non-hydrogen) atoms. The van der Waals surface area contributed by atoms with E-state index in [1.165, 1.54) is 17.8 Å². The van der Waals surface area contributed by atoms with E-state index in [4.69, 9.17) is 0 Å². The van der Waals surface area contributed by atoms with Gasteiger partial charge in [0.1, 0.15) is 0 Å². The molecule has 5 heteroatoms. The number of hydrogen-bond acceptors (Lipinski definition) is 3. The lowest BCUT2D eigenvalue weighted by Crippen LogP contribution is -2.61.